The van der Waals surface area contributed by atoms with E-state index in [9.17, 15) is 22.8 Å². The molecular weight excluding hydrogens is 541 g/mol. The molecule has 212 valence electrons. The van der Waals surface area contributed by atoms with Gasteiger partial charge in [0, 0.05) is 18.1 Å². The molecule has 11 heteroatoms. The lowest BCUT2D eigenvalue weighted by atomic mass is 9.81. The van der Waals surface area contributed by atoms with E-state index in [0.29, 0.717) is 36.1 Å². The smallest absolute Gasteiger partial charge is 0.483 e. The van der Waals surface area contributed by atoms with E-state index in [1.54, 1.807) is 12.1 Å². The van der Waals surface area contributed by atoms with Crippen molar-refractivity contribution in [1.82, 2.24) is 10.2 Å². The average molecular weight is 567 g/mol. The molecule has 2 fully saturated rings. The van der Waals surface area contributed by atoms with Crippen LogP contribution in [-0.2, 0) is 21.6 Å². The molecule has 1 N–H and O–H groups in total. The zero-order valence-electron chi connectivity index (χ0n) is 21.7. The SMILES string of the molecule is O=C(OCc1ccccc1)N1CC2(CC(NC(=O)C3(c4ccc5c(c4)OC(F)(F)O5)CC3)c3ccc(F)cc3O2)C1. The molecular formula is C30H25F3N2O6. The molecule has 3 aromatic carbocycles. The highest BCUT2D eigenvalue weighted by atomic mass is 19.3. The number of nitrogens with one attached hydrogen (secondary N) is 1. The summed E-state index contributed by atoms with van der Waals surface area (Å²) in [6.45, 7) is 0.561. The van der Waals surface area contributed by atoms with Crippen LogP contribution in [0, 0.1) is 5.82 Å². The van der Waals surface area contributed by atoms with E-state index >= 15 is 0 Å². The Labute approximate surface area is 232 Å². The van der Waals surface area contributed by atoms with Gasteiger partial charge >= 0.3 is 12.4 Å². The predicted octanol–water partition coefficient (Wildman–Crippen LogP) is 5.21. The van der Waals surface area contributed by atoms with Gasteiger partial charge in [-0.2, -0.15) is 0 Å². The number of hydrogen-bond donors (Lipinski definition) is 1. The highest BCUT2D eigenvalue weighted by Crippen LogP contribution is 2.53. The Morgan fingerprint density at radius 2 is 1.68 bits per heavy atom. The molecule has 1 saturated heterocycles. The van der Waals surface area contributed by atoms with E-state index in [0.717, 1.165) is 5.56 Å². The predicted molar refractivity (Wildman–Crippen MR) is 137 cm³/mol. The Balaban J connectivity index is 1.07. The van der Waals surface area contributed by atoms with Gasteiger partial charge in [0.15, 0.2) is 11.5 Å². The highest BCUT2D eigenvalue weighted by molar-refractivity contribution is 5.92. The lowest BCUT2D eigenvalue weighted by Gasteiger charge is -2.52. The molecule has 0 bridgehead atoms. The highest BCUT2D eigenvalue weighted by Gasteiger charge is 2.56. The first-order valence-electron chi connectivity index (χ1n) is 13.3. The summed E-state index contributed by atoms with van der Waals surface area (Å²) in [6, 6.07) is 17.3. The molecule has 41 heavy (non-hydrogen) atoms. The third-order valence-electron chi connectivity index (χ3n) is 8.12. The first-order valence-corrected chi connectivity index (χ1v) is 13.3. The minimum absolute atomic E-state index is 0.0888. The lowest BCUT2D eigenvalue weighted by Crippen LogP contribution is -2.68. The molecule has 1 spiro atoms. The Morgan fingerprint density at radius 3 is 2.44 bits per heavy atom. The number of carbonyl (C=O) groups is 2. The van der Waals surface area contributed by atoms with Crippen LogP contribution in [0.3, 0.4) is 0 Å². The number of rotatable bonds is 5. The van der Waals surface area contributed by atoms with E-state index in [-0.39, 0.29) is 37.1 Å². The largest absolute Gasteiger partial charge is 0.586 e. The molecule has 3 aliphatic heterocycles. The number of carbonyl (C=O) groups excluding carboxylic acids is 2. The fourth-order valence-corrected chi connectivity index (χ4v) is 5.87. The summed E-state index contributed by atoms with van der Waals surface area (Å²) >= 11 is 0. The van der Waals surface area contributed by atoms with Crippen molar-refractivity contribution in [3.8, 4) is 17.2 Å². The molecule has 0 aromatic heterocycles. The number of ether oxygens (including phenoxy) is 4. The van der Waals surface area contributed by atoms with Crippen molar-refractivity contribution in [1.29, 1.82) is 0 Å². The quantitative estimate of drug-likeness (QED) is 0.457. The number of benzene rings is 3. The second-order valence-corrected chi connectivity index (χ2v) is 11.0. The number of amides is 2. The number of fused-ring (bicyclic) bond motifs is 2. The number of hydrogen-bond acceptors (Lipinski definition) is 6. The fraction of sp³-hybridized carbons (Fsp3) is 0.333. The first kappa shape index (κ1) is 25.6. The van der Waals surface area contributed by atoms with Crippen molar-refractivity contribution in [3.63, 3.8) is 0 Å². The van der Waals surface area contributed by atoms with Crippen LogP contribution in [-0.4, -0.2) is 41.9 Å². The minimum atomic E-state index is -3.75. The maximum Gasteiger partial charge on any atom is 0.586 e. The molecule has 2 amide bonds. The maximum atomic E-state index is 14.2. The zero-order chi connectivity index (χ0) is 28.4. The summed E-state index contributed by atoms with van der Waals surface area (Å²) in [7, 11) is 0. The monoisotopic (exact) mass is 566 g/mol. The van der Waals surface area contributed by atoms with Crippen LogP contribution in [0.5, 0.6) is 17.2 Å². The molecule has 4 aliphatic rings. The van der Waals surface area contributed by atoms with Gasteiger partial charge in [-0.3, -0.25) is 4.79 Å². The molecule has 8 nitrogen and oxygen atoms in total. The number of alkyl halides is 2. The summed E-state index contributed by atoms with van der Waals surface area (Å²) in [5.41, 5.74) is 0.298. The average Bonchev–Trinajstić information content (AvgIpc) is 3.67. The number of nitrogens with zero attached hydrogens (tertiary/aromatic N) is 1. The topological polar surface area (TPSA) is 86.3 Å². The Hall–Kier alpha value is -4.41. The molecule has 0 radical (unpaired) electrons. The standard InChI is InChI=1S/C30H25F3N2O6/c31-20-7-8-21-22(34-26(36)29(10-11-29)19-6-9-23-25(12-19)41-30(32,33)40-23)14-28(39-24(21)13-20)16-35(17-28)27(37)38-15-18-4-2-1-3-5-18/h1-9,12-13,22H,10-11,14-17H2,(H,34,36). The number of likely N-dealkylation sites (tertiary alicyclic amines) is 1. The van der Waals surface area contributed by atoms with Crippen molar-refractivity contribution in [3.05, 3.63) is 89.2 Å². The van der Waals surface area contributed by atoms with E-state index in [2.05, 4.69) is 14.8 Å². The molecule has 1 atom stereocenters. The number of halogens is 3. The van der Waals surface area contributed by atoms with Crippen molar-refractivity contribution in [2.24, 2.45) is 0 Å². The third-order valence-corrected chi connectivity index (χ3v) is 8.12. The van der Waals surface area contributed by atoms with Gasteiger partial charge in [-0.1, -0.05) is 42.5 Å². The third kappa shape index (κ3) is 4.58. The Bertz CT molecular complexity index is 1540. The molecule has 1 aliphatic carbocycles. The van der Waals surface area contributed by atoms with Gasteiger partial charge in [-0.15, -0.1) is 8.78 Å². The summed E-state index contributed by atoms with van der Waals surface area (Å²) in [5, 5.41) is 3.10. The van der Waals surface area contributed by atoms with E-state index in [1.807, 2.05) is 30.3 Å². The Morgan fingerprint density at radius 1 is 0.927 bits per heavy atom. The van der Waals surface area contributed by atoms with Gasteiger partial charge < -0.3 is 29.2 Å². The van der Waals surface area contributed by atoms with Gasteiger partial charge in [0.25, 0.3) is 0 Å². The normalized spacial score (nSPS) is 21.7. The van der Waals surface area contributed by atoms with Crippen LogP contribution in [0.2, 0.25) is 0 Å². The van der Waals surface area contributed by atoms with Crippen molar-refractivity contribution in [2.45, 2.75) is 49.2 Å². The summed E-state index contributed by atoms with van der Waals surface area (Å²) in [5.74, 6) is -0.673. The second kappa shape index (κ2) is 9.05. The lowest BCUT2D eigenvalue weighted by molar-refractivity contribution is -0.286. The van der Waals surface area contributed by atoms with Crippen molar-refractivity contribution in [2.75, 3.05) is 13.1 Å². The molecule has 1 saturated carbocycles. The van der Waals surface area contributed by atoms with Crippen LogP contribution >= 0.6 is 0 Å². The maximum absolute atomic E-state index is 14.2. The van der Waals surface area contributed by atoms with E-state index < -0.39 is 35.3 Å². The van der Waals surface area contributed by atoms with Crippen molar-refractivity contribution >= 4 is 12.0 Å². The summed E-state index contributed by atoms with van der Waals surface area (Å²) in [4.78, 5) is 27.8. The molecule has 3 aromatic rings. The van der Waals surface area contributed by atoms with Gasteiger partial charge in [0.1, 0.15) is 23.8 Å². The first-order chi connectivity index (χ1) is 19.6. The Kier molecular flexibility index (Phi) is 5.64. The molecule has 7 rings (SSSR count). The van der Waals surface area contributed by atoms with Gasteiger partial charge in [0.05, 0.1) is 24.5 Å². The summed E-state index contributed by atoms with van der Waals surface area (Å²) < 4.78 is 61.9. The van der Waals surface area contributed by atoms with E-state index in [4.69, 9.17) is 9.47 Å². The van der Waals surface area contributed by atoms with Crippen molar-refractivity contribution < 1.29 is 41.7 Å². The van der Waals surface area contributed by atoms with Crippen LogP contribution in [0.1, 0.15) is 42.0 Å². The van der Waals surface area contributed by atoms with Crippen LogP contribution < -0.4 is 19.5 Å². The molecule has 3 heterocycles. The summed E-state index contributed by atoms with van der Waals surface area (Å²) in [6.07, 6.45) is -2.83. The van der Waals surface area contributed by atoms with Crippen LogP contribution in [0.4, 0.5) is 18.0 Å². The molecule has 1 unspecified atom stereocenters. The van der Waals surface area contributed by atoms with Gasteiger partial charge in [0.2, 0.25) is 5.91 Å². The van der Waals surface area contributed by atoms with Gasteiger partial charge in [-0.25, -0.2) is 9.18 Å². The minimum Gasteiger partial charge on any atom is -0.483 e. The fourth-order valence-electron chi connectivity index (χ4n) is 5.87. The van der Waals surface area contributed by atoms with Crippen LogP contribution in [0.25, 0.3) is 0 Å². The van der Waals surface area contributed by atoms with Crippen LogP contribution in [0.15, 0.2) is 66.7 Å². The second-order valence-electron chi connectivity index (χ2n) is 11.0. The van der Waals surface area contributed by atoms with Gasteiger partial charge in [-0.05, 0) is 42.2 Å². The zero-order valence-corrected chi connectivity index (χ0v) is 21.7. The van der Waals surface area contributed by atoms with E-state index in [1.165, 1.54) is 29.2 Å².